The molecule has 0 fully saturated rings. The molecule has 0 aliphatic heterocycles. The van der Waals surface area contributed by atoms with Gasteiger partial charge in [-0.1, -0.05) is 45.0 Å². The Hall–Kier alpha value is -1.70. The fourth-order valence-corrected chi connectivity index (χ4v) is 4.67. The first kappa shape index (κ1) is 19.6. The van der Waals surface area contributed by atoms with Crippen molar-refractivity contribution in [2.75, 3.05) is 12.9 Å². The predicted octanol–water partition coefficient (Wildman–Crippen LogP) is 2.93. The normalized spacial score (nSPS) is 12.2. The van der Waals surface area contributed by atoms with Gasteiger partial charge in [-0.3, -0.25) is 4.79 Å². The van der Waals surface area contributed by atoms with Gasteiger partial charge >= 0.3 is 0 Å². The van der Waals surface area contributed by atoms with Gasteiger partial charge in [0, 0.05) is 6.54 Å². The molecule has 0 spiro atoms. The summed E-state index contributed by atoms with van der Waals surface area (Å²) in [5, 5.41) is 5.46. The van der Waals surface area contributed by atoms with Gasteiger partial charge in [0.1, 0.15) is 10.1 Å². The quantitative estimate of drug-likeness (QED) is 0.808. The van der Waals surface area contributed by atoms with E-state index in [0.717, 1.165) is 16.9 Å². The average molecular weight is 381 g/mol. The molecule has 136 valence electrons. The maximum atomic E-state index is 12.2. The number of rotatable bonds is 6. The van der Waals surface area contributed by atoms with Gasteiger partial charge in [-0.15, -0.1) is 11.3 Å². The molecule has 0 unspecified atom stereocenters. The minimum absolute atomic E-state index is 0.0913. The third kappa shape index (κ3) is 5.14. The van der Waals surface area contributed by atoms with Gasteiger partial charge in [0.05, 0.1) is 4.88 Å². The van der Waals surface area contributed by atoms with E-state index in [1.807, 2.05) is 12.1 Å². The first-order valence-electron chi connectivity index (χ1n) is 7.98. The molecule has 0 aliphatic carbocycles. The van der Waals surface area contributed by atoms with E-state index in [1.165, 1.54) is 11.6 Å². The van der Waals surface area contributed by atoms with E-state index in [2.05, 4.69) is 43.5 Å². The van der Waals surface area contributed by atoms with Crippen LogP contribution >= 0.6 is 11.3 Å². The van der Waals surface area contributed by atoms with Crippen LogP contribution in [0.25, 0.3) is 0 Å². The van der Waals surface area contributed by atoms with Gasteiger partial charge < -0.3 is 10.6 Å². The molecule has 0 atom stereocenters. The topological polar surface area (TPSA) is 75.3 Å². The highest BCUT2D eigenvalue weighted by Crippen LogP contribution is 2.23. The van der Waals surface area contributed by atoms with Crippen LogP contribution in [-0.2, 0) is 21.8 Å². The molecule has 0 saturated heterocycles. The number of carbonyl (C=O) groups is 1. The van der Waals surface area contributed by atoms with Crippen molar-refractivity contribution in [2.24, 2.45) is 0 Å². The van der Waals surface area contributed by atoms with Gasteiger partial charge in [-0.05, 0) is 35.7 Å². The molecule has 0 saturated carbocycles. The molecule has 0 radical (unpaired) electrons. The van der Waals surface area contributed by atoms with Crippen LogP contribution < -0.4 is 10.6 Å². The molecule has 1 amide bonds. The molecule has 7 heteroatoms. The van der Waals surface area contributed by atoms with E-state index in [1.54, 1.807) is 13.1 Å². The van der Waals surface area contributed by atoms with E-state index in [9.17, 15) is 13.2 Å². The Morgan fingerprint density at radius 1 is 1.08 bits per heavy atom. The lowest BCUT2D eigenvalue weighted by molar-refractivity contribution is 0.0955. The first-order chi connectivity index (χ1) is 11.6. The number of carbonyl (C=O) groups excluding carboxylic acids is 1. The maximum Gasteiger partial charge on any atom is 0.261 e. The monoisotopic (exact) mass is 380 g/mol. The number of sulfone groups is 1. The minimum Gasteiger partial charge on any atom is -0.347 e. The van der Waals surface area contributed by atoms with Crippen LogP contribution in [0, 0.1) is 0 Å². The fraction of sp³-hybridized carbons (Fsp3) is 0.389. The standard InChI is InChI=1S/C18H24N2O3S2/c1-18(2,3)14-7-5-13(6-8-14)11-20-17(21)15-9-10-16(24-15)25(22,23)12-19-4/h5-10,19H,11-12H2,1-4H3,(H,20,21). The van der Waals surface area contributed by atoms with Crippen molar-refractivity contribution in [2.45, 2.75) is 36.9 Å². The van der Waals surface area contributed by atoms with Crippen molar-refractivity contribution < 1.29 is 13.2 Å². The maximum absolute atomic E-state index is 12.2. The van der Waals surface area contributed by atoms with Crippen molar-refractivity contribution in [1.82, 2.24) is 10.6 Å². The average Bonchev–Trinajstić information content (AvgIpc) is 3.03. The second-order valence-electron chi connectivity index (χ2n) is 6.86. The number of thiophene rings is 1. The van der Waals surface area contributed by atoms with E-state index in [4.69, 9.17) is 0 Å². The number of amides is 1. The van der Waals surface area contributed by atoms with E-state index < -0.39 is 9.84 Å². The number of hydrogen-bond donors (Lipinski definition) is 2. The summed E-state index contributed by atoms with van der Waals surface area (Å²) >= 11 is 0.989. The van der Waals surface area contributed by atoms with Crippen LogP contribution in [0.4, 0.5) is 0 Å². The SMILES string of the molecule is CNCS(=O)(=O)c1ccc(C(=O)NCc2ccc(C(C)(C)C)cc2)s1. The Labute approximate surface area is 153 Å². The Balaban J connectivity index is 2.00. The molecule has 1 aromatic carbocycles. The number of nitrogens with one attached hydrogen (secondary N) is 2. The Bertz CT molecular complexity index is 832. The molecular weight excluding hydrogens is 356 g/mol. The van der Waals surface area contributed by atoms with Crippen molar-refractivity contribution in [3.8, 4) is 0 Å². The van der Waals surface area contributed by atoms with Crippen molar-refractivity contribution in [3.63, 3.8) is 0 Å². The lowest BCUT2D eigenvalue weighted by atomic mass is 9.87. The summed E-state index contributed by atoms with van der Waals surface area (Å²) in [5.74, 6) is -0.412. The summed E-state index contributed by atoms with van der Waals surface area (Å²) < 4.78 is 24.1. The summed E-state index contributed by atoms with van der Waals surface area (Å²) in [5.41, 5.74) is 2.33. The van der Waals surface area contributed by atoms with Gasteiger partial charge in [-0.25, -0.2) is 8.42 Å². The van der Waals surface area contributed by atoms with Crippen LogP contribution in [0.2, 0.25) is 0 Å². The minimum atomic E-state index is -3.38. The van der Waals surface area contributed by atoms with Crippen molar-refractivity contribution >= 4 is 27.1 Å². The lowest BCUT2D eigenvalue weighted by Gasteiger charge is -2.19. The zero-order chi connectivity index (χ0) is 18.7. The molecule has 2 N–H and O–H groups in total. The molecule has 1 aromatic heterocycles. The molecule has 0 aliphatic rings. The summed E-state index contributed by atoms with van der Waals surface area (Å²) in [7, 11) is -1.81. The van der Waals surface area contributed by atoms with Crippen LogP contribution in [0.3, 0.4) is 0 Å². The Kier molecular flexibility index (Phi) is 6.03. The Morgan fingerprint density at radius 2 is 1.72 bits per heavy atom. The zero-order valence-corrected chi connectivity index (χ0v) is 16.6. The summed E-state index contributed by atoms with van der Waals surface area (Å²) in [6, 6.07) is 11.1. The number of benzene rings is 1. The third-order valence-electron chi connectivity index (χ3n) is 3.72. The van der Waals surface area contributed by atoms with Crippen LogP contribution in [0.1, 0.15) is 41.6 Å². The zero-order valence-electron chi connectivity index (χ0n) is 14.9. The highest BCUT2D eigenvalue weighted by molar-refractivity contribution is 7.93. The second kappa shape index (κ2) is 7.68. The number of hydrogen-bond acceptors (Lipinski definition) is 5. The van der Waals surface area contributed by atoms with Crippen LogP contribution in [0.15, 0.2) is 40.6 Å². The summed E-state index contributed by atoms with van der Waals surface area (Å²) in [6.07, 6.45) is 0. The van der Waals surface area contributed by atoms with E-state index in [-0.39, 0.29) is 21.4 Å². The summed E-state index contributed by atoms with van der Waals surface area (Å²) in [6.45, 7) is 6.86. The molecular formula is C18H24N2O3S2. The van der Waals surface area contributed by atoms with Crippen molar-refractivity contribution in [3.05, 3.63) is 52.4 Å². The molecule has 2 aromatic rings. The van der Waals surface area contributed by atoms with Gasteiger partial charge in [-0.2, -0.15) is 0 Å². The third-order valence-corrected chi connectivity index (χ3v) is 7.03. The second-order valence-corrected chi connectivity index (χ2v) is 10.2. The van der Waals surface area contributed by atoms with Crippen LogP contribution in [-0.4, -0.2) is 27.2 Å². The molecule has 5 nitrogen and oxygen atoms in total. The Morgan fingerprint density at radius 3 is 2.28 bits per heavy atom. The van der Waals surface area contributed by atoms with Gasteiger partial charge in [0.15, 0.2) is 0 Å². The molecule has 25 heavy (non-hydrogen) atoms. The fourth-order valence-electron chi connectivity index (χ4n) is 2.26. The van der Waals surface area contributed by atoms with Gasteiger partial charge in [0.2, 0.25) is 9.84 Å². The predicted molar refractivity (Wildman–Crippen MR) is 102 cm³/mol. The van der Waals surface area contributed by atoms with Crippen LogP contribution in [0.5, 0.6) is 0 Å². The molecule has 2 rings (SSSR count). The molecule has 1 heterocycles. The van der Waals surface area contributed by atoms with E-state index in [0.29, 0.717) is 11.4 Å². The molecule has 0 bridgehead atoms. The van der Waals surface area contributed by atoms with Gasteiger partial charge in [0.25, 0.3) is 5.91 Å². The first-order valence-corrected chi connectivity index (χ1v) is 10.4. The smallest absolute Gasteiger partial charge is 0.261 e. The largest absolute Gasteiger partial charge is 0.347 e. The highest BCUT2D eigenvalue weighted by atomic mass is 32.2. The van der Waals surface area contributed by atoms with Crippen molar-refractivity contribution in [1.29, 1.82) is 0 Å². The lowest BCUT2D eigenvalue weighted by Crippen LogP contribution is -2.22. The summed E-state index contributed by atoms with van der Waals surface area (Å²) in [4.78, 5) is 12.6. The highest BCUT2D eigenvalue weighted by Gasteiger charge is 2.18. The van der Waals surface area contributed by atoms with E-state index >= 15 is 0 Å².